The smallest absolute Gasteiger partial charge is 0.336 e. The molecule has 5 nitrogen and oxygen atoms in total. The minimum Gasteiger partial charge on any atom is -1.00 e. The number of likely N-dealkylation sites (N-methyl/N-ethyl adjacent to an activating group) is 1. The molecule has 0 aliphatic rings. The molecule has 4 aromatic rings. The maximum absolute atomic E-state index is 11.9. The van der Waals surface area contributed by atoms with E-state index in [1.807, 2.05) is 12.1 Å². The Morgan fingerprint density at radius 3 is 2.47 bits per heavy atom. The van der Waals surface area contributed by atoms with Crippen LogP contribution in [0.4, 0.5) is 0 Å². The van der Waals surface area contributed by atoms with E-state index in [2.05, 4.69) is 66.2 Å². The molecule has 2 aromatic carbocycles. The third-order valence-corrected chi connectivity index (χ3v) is 7.21. The molecule has 0 radical (unpaired) electrons. The van der Waals surface area contributed by atoms with Crippen LogP contribution in [0, 0.1) is 0 Å². The van der Waals surface area contributed by atoms with Gasteiger partial charge in [0.25, 0.3) is 0 Å². The largest absolute Gasteiger partial charge is 1.00 e. The van der Waals surface area contributed by atoms with Crippen LogP contribution in [-0.4, -0.2) is 37.3 Å². The van der Waals surface area contributed by atoms with Crippen LogP contribution in [0.2, 0.25) is 0 Å². The summed E-state index contributed by atoms with van der Waals surface area (Å²) in [5, 5.41) is 1.68. The van der Waals surface area contributed by atoms with Crippen molar-refractivity contribution in [3.8, 4) is 5.75 Å². The molecule has 0 amide bonds. The summed E-state index contributed by atoms with van der Waals surface area (Å²) in [7, 11) is 0. The van der Waals surface area contributed by atoms with Crippen molar-refractivity contribution in [3.05, 3.63) is 81.3 Å². The zero-order chi connectivity index (χ0) is 23.3. The summed E-state index contributed by atoms with van der Waals surface area (Å²) < 4.78 is 19.2. The number of halogens is 2. The first kappa shape index (κ1) is 26.3. The molecule has 0 unspecified atom stereocenters. The van der Waals surface area contributed by atoms with Gasteiger partial charge in [-0.25, -0.2) is 4.79 Å². The molecular weight excluding hydrogens is 562 g/mol. The Bertz CT molecular complexity index is 1310. The highest BCUT2D eigenvalue weighted by molar-refractivity contribution is 9.10. The van der Waals surface area contributed by atoms with E-state index in [1.165, 1.54) is 11.6 Å². The molecule has 0 spiro atoms. The van der Waals surface area contributed by atoms with Crippen molar-refractivity contribution in [3.63, 3.8) is 0 Å². The van der Waals surface area contributed by atoms with Gasteiger partial charge >= 0.3 is 5.63 Å². The van der Waals surface area contributed by atoms with Crippen LogP contribution in [0.1, 0.15) is 25.8 Å². The minimum atomic E-state index is -0.414. The first-order valence-corrected chi connectivity index (χ1v) is 12.2. The van der Waals surface area contributed by atoms with E-state index in [4.69, 9.17) is 13.6 Å². The Balaban J connectivity index is 0.00000324. The molecule has 0 bridgehead atoms. The standard InChI is InChI=1S/C27H29BrNO4.BrH/c1-3-29(4-2,16-8-12-20-10-6-5-7-11-20)17-9-18-31-27-25-22(15-19-32-25)24(28)21-13-14-23(30)33-26(21)27;/h5-8,10-15,19H,3-4,9,16-18H2,1-2H3;1H/q+1;/p-1. The van der Waals surface area contributed by atoms with Crippen molar-refractivity contribution in [2.24, 2.45) is 0 Å². The van der Waals surface area contributed by atoms with E-state index in [0.717, 1.165) is 52.3 Å². The molecule has 0 atom stereocenters. The molecule has 0 aliphatic carbocycles. The number of nitrogens with zero attached hydrogens (tertiary/aromatic N) is 1. The Labute approximate surface area is 218 Å². The lowest BCUT2D eigenvalue weighted by atomic mass is 10.1. The molecule has 2 aromatic heterocycles. The number of quaternary nitrogens is 1. The van der Waals surface area contributed by atoms with Crippen LogP contribution >= 0.6 is 15.9 Å². The zero-order valence-corrected chi connectivity index (χ0v) is 22.6. The molecule has 4 rings (SSSR count). The second kappa shape index (κ2) is 11.9. The maximum Gasteiger partial charge on any atom is 0.336 e. The quantitative estimate of drug-likeness (QED) is 0.161. The molecule has 0 N–H and O–H groups in total. The molecule has 34 heavy (non-hydrogen) atoms. The van der Waals surface area contributed by atoms with Gasteiger partial charge in [0.2, 0.25) is 5.75 Å². The summed E-state index contributed by atoms with van der Waals surface area (Å²) in [6.07, 6.45) is 6.96. The number of rotatable bonds is 10. The Kier molecular flexibility index (Phi) is 9.17. The van der Waals surface area contributed by atoms with Crippen molar-refractivity contribution in [2.75, 3.05) is 32.8 Å². The third kappa shape index (κ3) is 5.65. The van der Waals surface area contributed by atoms with Crippen molar-refractivity contribution in [2.45, 2.75) is 20.3 Å². The normalized spacial score (nSPS) is 11.9. The van der Waals surface area contributed by atoms with Gasteiger partial charge in [-0.05, 0) is 53.5 Å². The lowest BCUT2D eigenvalue weighted by Crippen LogP contribution is -3.00. The topological polar surface area (TPSA) is 52.6 Å². The van der Waals surface area contributed by atoms with Gasteiger partial charge in [0.15, 0.2) is 11.2 Å². The SMILES string of the molecule is CC[N+](CC)(CC=Cc1ccccc1)CCCOc1c2occc2c(Br)c2ccc(=O)oc12.[Br-]. The summed E-state index contributed by atoms with van der Waals surface area (Å²) in [5.41, 5.74) is 1.80. The number of hydrogen-bond acceptors (Lipinski definition) is 4. The van der Waals surface area contributed by atoms with Crippen molar-refractivity contribution in [1.82, 2.24) is 0 Å². The first-order valence-electron chi connectivity index (χ1n) is 11.4. The van der Waals surface area contributed by atoms with Gasteiger partial charge in [0.1, 0.15) is 0 Å². The second-order valence-corrected chi connectivity index (χ2v) is 8.99. The van der Waals surface area contributed by atoms with E-state index in [1.54, 1.807) is 12.3 Å². The number of furan rings is 1. The lowest BCUT2D eigenvalue weighted by molar-refractivity contribution is -0.919. The van der Waals surface area contributed by atoms with Gasteiger partial charge in [0.05, 0.1) is 39.0 Å². The minimum absolute atomic E-state index is 0. The van der Waals surface area contributed by atoms with E-state index >= 15 is 0 Å². The van der Waals surface area contributed by atoms with Gasteiger partial charge in [-0.2, -0.15) is 0 Å². The van der Waals surface area contributed by atoms with Gasteiger partial charge in [-0.1, -0.05) is 36.4 Å². The number of fused-ring (bicyclic) bond motifs is 2. The average Bonchev–Trinajstić information content (AvgIpc) is 3.33. The van der Waals surface area contributed by atoms with Crippen molar-refractivity contribution in [1.29, 1.82) is 0 Å². The van der Waals surface area contributed by atoms with Crippen LogP contribution in [-0.2, 0) is 0 Å². The lowest BCUT2D eigenvalue weighted by Gasteiger charge is -2.36. The highest BCUT2D eigenvalue weighted by atomic mass is 79.9. The summed E-state index contributed by atoms with van der Waals surface area (Å²) in [5.74, 6) is 0.487. The number of hydrogen-bond donors (Lipinski definition) is 0. The van der Waals surface area contributed by atoms with Gasteiger partial charge in [-0.3, -0.25) is 0 Å². The monoisotopic (exact) mass is 589 g/mol. The summed E-state index contributed by atoms with van der Waals surface area (Å²) in [4.78, 5) is 11.9. The third-order valence-electron chi connectivity index (χ3n) is 6.35. The fourth-order valence-electron chi connectivity index (χ4n) is 4.24. The highest BCUT2D eigenvalue weighted by Gasteiger charge is 2.22. The number of benzene rings is 2. The van der Waals surface area contributed by atoms with Crippen molar-refractivity contribution < 1.29 is 35.0 Å². The maximum atomic E-state index is 11.9. The molecular formula is C27H29Br2NO4. The summed E-state index contributed by atoms with van der Waals surface area (Å²) in [6.45, 7) is 9.05. The second-order valence-electron chi connectivity index (χ2n) is 8.20. The van der Waals surface area contributed by atoms with Gasteiger partial charge in [0, 0.05) is 27.7 Å². The van der Waals surface area contributed by atoms with Crippen LogP contribution in [0.5, 0.6) is 5.75 Å². The number of ether oxygens (including phenoxy) is 1. The van der Waals surface area contributed by atoms with E-state index in [0.29, 0.717) is 23.5 Å². The van der Waals surface area contributed by atoms with Gasteiger partial charge < -0.3 is 35.0 Å². The Morgan fingerprint density at radius 2 is 1.74 bits per heavy atom. The molecule has 0 aliphatic heterocycles. The molecule has 0 fully saturated rings. The van der Waals surface area contributed by atoms with Crippen molar-refractivity contribution >= 4 is 43.9 Å². The van der Waals surface area contributed by atoms with Crippen LogP contribution < -0.4 is 27.3 Å². The summed E-state index contributed by atoms with van der Waals surface area (Å²) in [6, 6.07) is 15.4. The van der Waals surface area contributed by atoms with Crippen LogP contribution in [0.3, 0.4) is 0 Å². The van der Waals surface area contributed by atoms with E-state index < -0.39 is 5.63 Å². The van der Waals surface area contributed by atoms with Crippen LogP contribution in [0.25, 0.3) is 28.0 Å². The van der Waals surface area contributed by atoms with Crippen LogP contribution in [0.15, 0.2) is 79.0 Å². The van der Waals surface area contributed by atoms with E-state index in [-0.39, 0.29) is 17.0 Å². The molecule has 0 saturated heterocycles. The molecule has 2 heterocycles. The molecule has 0 saturated carbocycles. The fraction of sp³-hybridized carbons (Fsp3) is 0.296. The summed E-state index contributed by atoms with van der Waals surface area (Å²) >= 11 is 3.60. The Hall–Kier alpha value is -2.35. The fourth-order valence-corrected chi connectivity index (χ4v) is 4.86. The zero-order valence-electron chi connectivity index (χ0n) is 19.4. The highest BCUT2D eigenvalue weighted by Crippen LogP contribution is 2.41. The average molecular weight is 591 g/mol. The van der Waals surface area contributed by atoms with E-state index in [9.17, 15) is 4.79 Å². The molecule has 180 valence electrons. The van der Waals surface area contributed by atoms with Gasteiger partial charge in [-0.15, -0.1) is 0 Å². The Morgan fingerprint density at radius 1 is 1.00 bits per heavy atom. The predicted molar refractivity (Wildman–Crippen MR) is 137 cm³/mol. The first-order chi connectivity index (χ1) is 16.1. The predicted octanol–water partition coefficient (Wildman–Crippen LogP) is 3.64. The molecule has 7 heteroatoms.